The fraction of sp³-hybridized carbons (Fsp3) is 0.167. The smallest absolute Gasteiger partial charge is 0.240 e. The number of hydrogen-bond acceptors (Lipinski definition) is 1. The van der Waals surface area contributed by atoms with E-state index in [-0.39, 0.29) is 0 Å². The summed E-state index contributed by atoms with van der Waals surface area (Å²) in [4.78, 5) is 0. The molecule has 2 nitrogen and oxygen atoms in total. The molecule has 2 aromatic carbocycles. The molecule has 0 radical (unpaired) electrons. The van der Waals surface area contributed by atoms with Crippen molar-refractivity contribution in [3.8, 4) is 16.9 Å². The highest BCUT2D eigenvalue weighted by atomic mass is 19.4. The lowest BCUT2D eigenvalue weighted by Gasteiger charge is -2.08. The molecule has 0 unspecified atom stereocenters. The summed E-state index contributed by atoms with van der Waals surface area (Å²) in [5, 5.41) is 4.49. The van der Waals surface area contributed by atoms with Crippen LogP contribution in [-0.4, -0.2) is 9.78 Å². The largest absolute Gasteiger partial charge is 0.416 e. The molecule has 0 aliphatic rings. The van der Waals surface area contributed by atoms with Gasteiger partial charge in [-0.3, -0.25) is 0 Å². The first-order valence-electron chi connectivity index (χ1n) is 7.30. The van der Waals surface area contributed by atoms with Gasteiger partial charge in [0, 0.05) is 11.8 Å². The molecule has 0 saturated carbocycles. The quantitative estimate of drug-likeness (QED) is 0.656. The Morgan fingerprint density at radius 1 is 1.00 bits per heavy atom. The Morgan fingerprint density at radius 2 is 1.74 bits per heavy atom. The first-order chi connectivity index (χ1) is 11.0. The summed E-state index contributed by atoms with van der Waals surface area (Å²) in [6.07, 6.45) is -1.82. The predicted octanol–water partition coefficient (Wildman–Crippen LogP) is 5.12. The van der Waals surface area contributed by atoms with Crippen LogP contribution in [0.1, 0.15) is 18.1 Å². The molecule has 0 bridgehead atoms. The lowest BCUT2D eigenvalue weighted by molar-refractivity contribution is -0.137. The number of halogens is 3. The van der Waals surface area contributed by atoms with Crippen molar-refractivity contribution < 1.29 is 13.2 Å². The molecule has 0 aliphatic carbocycles. The zero-order chi connectivity index (χ0) is 16.4. The van der Waals surface area contributed by atoms with Crippen LogP contribution in [0.15, 0.2) is 60.8 Å². The molecule has 5 heteroatoms. The Kier molecular flexibility index (Phi) is 3.94. The van der Waals surface area contributed by atoms with Gasteiger partial charge in [0.15, 0.2) is 0 Å². The molecule has 1 aromatic heterocycles. The minimum atomic E-state index is -4.36. The number of nitrogens with zero attached hydrogens (tertiary/aromatic N) is 2. The maximum atomic E-state index is 12.9. The highest BCUT2D eigenvalue weighted by Gasteiger charge is 2.30. The lowest BCUT2D eigenvalue weighted by Crippen LogP contribution is -2.06. The molecule has 3 rings (SSSR count). The van der Waals surface area contributed by atoms with Crippen LogP contribution in [0.4, 0.5) is 13.2 Å². The van der Waals surface area contributed by atoms with E-state index in [1.807, 2.05) is 37.3 Å². The van der Waals surface area contributed by atoms with Gasteiger partial charge in [0.1, 0.15) is 0 Å². The fourth-order valence-electron chi connectivity index (χ4n) is 2.46. The number of rotatable bonds is 3. The van der Waals surface area contributed by atoms with Crippen molar-refractivity contribution in [2.75, 3.05) is 0 Å². The third-order valence-electron chi connectivity index (χ3n) is 3.66. The van der Waals surface area contributed by atoms with Gasteiger partial charge in [-0.2, -0.15) is 18.3 Å². The number of benzene rings is 2. The van der Waals surface area contributed by atoms with Crippen molar-refractivity contribution in [1.82, 2.24) is 9.78 Å². The van der Waals surface area contributed by atoms with Crippen LogP contribution in [-0.2, 0) is 12.6 Å². The Balaban J connectivity index is 2.07. The summed E-state index contributed by atoms with van der Waals surface area (Å²) in [6, 6.07) is 14.8. The lowest BCUT2D eigenvalue weighted by atomic mass is 10.1. The maximum Gasteiger partial charge on any atom is 0.416 e. The predicted molar refractivity (Wildman–Crippen MR) is 83.4 cm³/mol. The van der Waals surface area contributed by atoms with Gasteiger partial charge in [-0.05, 0) is 30.2 Å². The summed E-state index contributed by atoms with van der Waals surface area (Å²) in [5.74, 6) is 0. The van der Waals surface area contributed by atoms with Gasteiger partial charge >= 0.3 is 6.18 Å². The van der Waals surface area contributed by atoms with Crippen LogP contribution >= 0.6 is 0 Å². The van der Waals surface area contributed by atoms with Gasteiger partial charge in [0.2, 0.25) is 0 Å². The molecule has 0 saturated heterocycles. The van der Waals surface area contributed by atoms with E-state index >= 15 is 0 Å². The van der Waals surface area contributed by atoms with Crippen molar-refractivity contribution in [2.45, 2.75) is 19.5 Å². The van der Waals surface area contributed by atoms with Gasteiger partial charge < -0.3 is 0 Å². The van der Waals surface area contributed by atoms with Gasteiger partial charge in [0.25, 0.3) is 0 Å². The minimum Gasteiger partial charge on any atom is -0.240 e. The minimum absolute atomic E-state index is 0.400. The fourth-order valence-corrected chi connectivity index (χ4v) is 2.46. The summed E-state index contributed by atoms with van der Waals surface area (Å²) >= 11 is 0. The van der Waals surface area contributed by atoms with E-state index in [4.69, 9.17) is 0 Å². The van der Waals surface area contributed by atoms with Crippen molar-refractivity contribution >= 4 is 0 Å². The highest BCUT2D eigenvalue weighted by molar-refractivity contribution is 5.63. The van der Waals surface area contributed by atoms with Crippen LogP contribution < -0.4 is 0 Å². The zero-order valence-electron chi connectivity index (χ0n) is 12.5. The van der Waals surface area contributed by atoms with Gasteiger partial charge in [0.05, 0.1) is 16.9 Å². The zero-order valence-corrected chi connectivity index (χ0v) is 12.5. The second kappa shape index (κ2) is 5.91. The molecule has 0 spiro atoms. The standard InChI is InChI=1S/C18H15F3N2/c1-2-13-12-23(22-17(13)14-7-4-3-5-8-14)16-10-6-9-15(11-16)18(19,20)21/h3-12H,2H2,1H3. The van der Waals surface area contributed by atoms with Crippen LogP contribution in [0.3, 0.4) is 0 Å². The van der Waals surface area contributed by atoms with E-state index < -0.39 is 11.7 Å². The second-order valence-corrected chi connectivity index (χ2v) is 5.22. The van der Waals surface area contributed by atoms with E-state index in [9.17, 15) is 13.2 Å². The summed E-state index contributed by atoms with van der Waals surface area (Å²) in [6.45, 7) is 2.00. The van der Waals surface area contributed by atoms with Crippen LogP contribution in [0.25, 0.3) is 16.9 Å². The average Bonchev–Trinajstić information content (AvgIpc) is 2.99. The molecule has 0 amide bonds. The third kappa shape index (κ3) is 3.13. The Labute approximate surface area is 132 Å². The summed E-state index contributed by atoms with van der Waals surface area (Å²) in [7, 11) is 0. The summed E-state index contributed by atoms with van der Waals surface area (Å²) in [5.41, 5.74) is 2.47. The second-order valence-electron chi connectivity index (χ2n) is 5.22. The molecule has 0 N–H and O–H groups in total. The van der Waals surface area contributed by atoms with Crippen molar-refractivity contribution in [2.24, 2.45) is 0 Å². The van der Waals surface area contributed by atoms with Gasteiger partial charge in [-0.1, -0.05) is 43.3 Å². The van der Waals surface area contributed by atoms with Crippen molar-refractivity contribution in [1.29, 1.82) is 0 Å². The third-order valence-corrected chi connectivity index (χ3v) is 3.66. The SMILES string of the molecule is CCc1cn(-c2cccc(C(F)(F)F)c2)nc1-c1ccccc1. The van der Waals surface area contributed by atoms with E-state index in [0.717, 1.165) is 35.4 Å². The number of aromatic nitrogens is 2. The van der Waals surface area contributed by atoms with Crippen LogP contribution in [0.5, 0.6) is 0 Å². The van der Waals surface area contributed by atoms with E-state index in [1.165, 1.54) is 10.7 Å². The molecule has 3 aromatic rings. The van der Waals surface area contributed by atoms with Crippen LogP contribution in [0, 0.1) is 0 Å². The molecule has 0 fully saturated rings. The van der Waals surface area contributed by atoms with Crippen molar-refractivity contribution in [3.63, 3.8) is 0 Å². The topological polar surface area (TPSA) is 17.8 Å². The van der Waals surface area contributed by atoms with E-state index in [2.05, 4.69) is 5.10 Å². The Morgan fingerprint density at radius 3 is 2.39 bits per heavy atom. The molecule has 118 valence electrons. The maximum absolute atomic E-state index is 12.9. The number of hydrogen-bond donors (Lipinski definition) is 0. The Hall–Kier alpha value is -2.56. The highest BCUT2D eigenvalue weighted by Crippen LogP contribution is 2.31. The number of aryl methyl sites for hydroxylation is 1. The molecule has 0 aliphatic heterocycles. The van der Waals surface area contributed by atoms with E-state index in [1.54, 1.807) is 12.3 Å². The molecular formula is C18H15F3N2. The summed E-state index contributed by atoms with van der Waals surface area (Å²) < 4.78 is 40.1. The van der Waals surface area contributed by atoms with E-state index in [0.29, 0.717) is 5.69 Å². The van der Waals surface area contributed by atoms with Crippen molar-refractivity contribution in [3.05, 3.63) is 71.9 Å². The van der Waals surface area contributed by atoms with Crippen LogP contribution in [0.2, 0.25) is 0 Å². The van der Waals surface area contributed by atoms with Gasteiger partial charge in [-0.15, -0.1) is 0 Å². The number of alkyl halides is 3. The molecule has 0 atom stereocenters. The molecule has 23 heavy (non-hydrogen) atoms. The molecule has 1 heterocycles. The van der Waals surface area contributed by atoms with Gasteiger partial charge in [-0.25, -0.2) is 4.68 Å². The first kappa shape index (κ1) is 15.3. The average molecular weight is 316 g/mol. The molecular weight excluding hydrogens is 301 g/mol. The monoisotopic (exact) mass is 316 g/mol. The normalized spacial score (nSPS) is 11.7. The Bertz CT molecular complexity index is 805. The first-order valence-corrected chi connectivity index (χ1v) is 7.30.